The Bertz CT molecular complexity index is 35.4. The third-order valence-electron chi connectivity index (χ3n) is 0.592. The van der Waals surface area contributed by atoms with Gasteiger partial charge < -0.3 is 9.47 Å². The summed E-state index contributed by atoms with van der Waals surface area (Å²) in [6, 6.07) is 0.212. The average molecular weight is 139 g/mol. The van der Waals surface area contributed by atoms with E-state index in [1.54, 1.807) is 0 Å². The second kappa shape index (κ2) is 7.21. The lowest BCUT2D eigenvalue weighted by Gasteiger charge is -1.98. The molecule has 3 heteroatoms. The van der Waals surface area contributed by atoms with E-state index in [9.17, 15) is 0 Å². The van der Waals surface area contributed by atoms with E-state index in [0.29, 0.717) is 6.79 Å². The first-order chi connectivity index (χ1) is 3.91. The molecule has 0 saturated carbocycles. The number of rotatable bonds is 5. The second-order valence-corrected chi connectivity index (χ2v) is 1.56. The van der Waals surface area contributed by atoms with Gasteiger partial charge in [-0.3, -0.25) is 0 Å². The molecule has 0 aromatic heterocycles. The zero-order chi connectivity index (χ0) is 6.24. The molecule has 0 rings (SSSR count). The van der Waals surface area contributed by atoms with Crippen LogP contribution in [0.5, 0.6) is 0 Å². The molecule has 50 valence electrons. The van der Waals surface area contributed by atoms with Crippen LogP contribution in [0.15, 0.2) is 0 Å². The first-order valence-electron chi connectivity index (χ1n) is 2.63. The topological polar surface area (TPSA) is 18.5 Å². The van der Waals surface area contributed by atoms with Crippen LogP contribution in [-0.2, 0) is 9.47 Å². The molecule has 0 unspecified atom stereocenters. The van der Waals surface area contributed by atoms with Crippen LogP contribution in [0.25, 0.3) is 0 Å². The van der Waals surface area contributed by atoms with Crippen LogP contribution in [0.1, 0.15) is 13.3 Å². The van der Waals surface area contributed by atoms with Crippen LogP contribution in [0, 0.1) is 0 Å². The first kappa shape index (κ1) is 8.21. The van der Waals surface area contributed by atoms with Gasteiger partial charge in [0.2, 0.25) is 0 Å². The van der Waals surface area contributed by atoms with Crippen molar-refractivity contribution in [2.75, 3.05) is 19.5 Å². The summed E-state index contributed by atoms with van der Waals surface area (Å²) in [5.41, 5.74) is 0. The average Bonchev–Trinajstić information content (AvgIpc) is 1.81. The van der Waals surface area contributed by atoms with Crippen molar-refractivity contribution in [2.45, 2.75) is 13.3 Å². The molecular formula is C5H11ClO2. The molecule has 0 heterocycles. The highest BCUT2D eigenvalue weighted by atomic mass is 35.5. The highest BCUT2D eigenvalue weighted by Crippen LogP contribution is 1.82. The van der Waals surface area contributed by atoms with Gasteiger partial charge in [0, 0.05) is 6.61 Å². The van der Waals surface area contributed by atoms with E-state index in [2.05, 4.69) is 4.74 Å². The quantitative estimate of drug-likeness (QED) is 0.326. The van der Waals surface area contributed by atoms with Crippen LogP contribution in [0.3, 0.4) is 0 Å². The van der Waals surface area contributed by atoms with E-state index >= 15 is 0 Å². The summed E-state index contributed by atoms with van der Waals surface area (Å²) in [5.74, 6) is 0. The number of ether oxygens (including phenoxy) is 2. The minimum Gasteiger partial charge on any atom is -0.355 e. The molecular weight excluding hydrogens is 128 g/mol. The Kier molecular flexibility index (Phi) is 7.40. The minimum atomic E-state index is 0.212. The van der Waals surface area contributed by atoms with Gasteiger partial charge in [-0.2, -0.15) is 0 Å². The van der Waals surface area contributed by atoms with Gasteiger partial charge in [-0.05, 0) is 6.42 Å². The van der Waals surface area contributed by atoms with Crippen molar-refractivity contribution in [3.63, 3.8) is 0 Å². The third-order valence-corrected chi connectivity index (χ3v) is 0.747. The maximum absolute atomic E-state index is 5.18. The molecule has 0 saturated heterocycles. The number of hydrogen-bond donors (Lipinski definition) is 0. The Morgan fingerprint density at radius 3 is 2.62 bits per heavy atom. The lowest BCUT2D eigenvalue weighted by molar-refractivity contribution is -0.0373. The lowest BCUT2D eigenvalue weighted by atomic mass is 10.5. The fourth-order valence-electron chi connectivity index (χ4n) is 0.294. The van der Waals surface area contributed by atoms with Gasteiger partial charge in [0.05, 0.1) is 0 Å². The SMILES string of the molecule is CCCOCOCCl. The second-order valence-electron chi connectivity index (χ2n) is 1.34. The van der Waals surface area contributed by atoms with Gasteiger partial charge in [0.1, 0.15) is 12.9 Å². The summed E-state index contributed by atoms with van der Waals surface area (Å²) < 4.78 is 9.60. The molecule has 0 aliphatic carbocycles. The van der Waals surface area contributed by atoms with Gasteiger partial charge in [-0.15, -0.1) is 0 Å². The molecule has 0 spiro atoms. The smallest absolute Gasteiger partial charge is 0.148 e. The Hall–Kier alpha value is 0.210. The molecule has 2 nitrogen and oxygen atoms in total. The molecule has 0 aliphatic rings. The Balaban J connectivity index is 2.53. The minimum absolute atomic E-state index is 0.212. The fourth-order valence-corrected chi connectivity index (χ4v) is 0.357. The summed E-state index contributed by atoms with van der Waals surface area (Å²) in [7, 11) is 0. The van der Waals surface area contributed by atoms with Gasteiger partial charge in [0.15, 0.2) is 0 Å². The molecule has 0 N–H and O–H groups in total. The van der Waals surface area contributed by atoms with Gasteiger partial charge in [-0.1, -0.05) is 18.5 Å². The summed E-state index contributed by atoms with van der Waals surface area (Å²) in [4.78, 5) is 0. The van der Waals surface area contributed by atoms with Gasteiger partial charge in [0.25, 0.3) is 0 Å². The highest BCUT2D eigenvalue weighted by molar-refractivity contribution is 6.17. The summed E-state index contributed by atoms with van der Waals surface area (Å²) in [6.07, 6.45) is 1.02. The van der Waals surface area contributed by atoms with E-state index in [1.165, 1.54) is 0 Å². The van der Waals surface area contributed by atoms with Crippen LogP contribution in [0.4, 0.5) is 0 Å². The molecule has 8 heavy (non-hydrogen) atoms. The lowest BCUT2D eigenvalue weighted by Crippen LogP contribution is -1.98. The Morgan fingerprint density at radius 1 is 1.38 bits per heavy atom. The van der Waals surface area contributed by atoms with E-state index in [4.69, 9.17) is 16.3 Å². The monoisotopic (exact) mass is 138 g/mol. The molecule has 0 aromatic rings. The zero-order valence-corrected chi connectivity index (χ0v) is 5.78. The van der Waals surface area contributed by atoms with Crippen LogP contribution in [0.2, 0.25) is 0 Å². The van der Waals surface area contributed by atoms with Crippen molar-refractivity contribution < 1.29 is 9.47 Å². The van der Waals surface area contributed by atoms with Crippen molar-refractivity contribution in [1.82, 2.24) is 0 Å². The summed E-state index contributed by atoms with van der Waals surface area (Å²) in [5, 5.41) is 0. The summed E-state index contributed by atoms with van der Waals surface area (Å²) >= 11 is 5.18. The number of alkyl halides is 1. The molecule has 0 atom stereocenters. The number of halogens is 1. The van der Waals surface area contributed by atoms with Crippen molar-refractivity contribution >= 4 is 11.6 Å². The summed E-state index contributed by atoms with van der Waals surface area (Å²) in [6.45, 7) is 3.11. The molecule has 0 amide bonds. The Morgan fingerprint density at radius 2 is 2.12 bits per heavy atom. The van der Waals surface area contributed by atoms with Crippen molar-refractivity contribution in [3.05, 3.63) is 0 Å². The van der Waals surface area contributed by atoms with Gasteiger partial charge >= 0.3 is 0 Å². The molecule has 0 aliphatic heterocycles. The maximum Gasteiger partial charge on any atom is 0.148 e. The van der Waals surface area contributed by atoms with Crippen LogP contribution < -0.4 is 0 Å². The molecule has 0 bridgehead atoms. The van der Waals surface area contributed by atoms with E-state index in [1.807, 2.05) is 6.92 Å². The number of hydrogen-bond acceptors (Lipinski definition) is 2. The van der Waals surface area contributed by atoms with Crippen molar-refractivity contribution in [2.24, 2.45) is 0 Å². The van der Waals surface area contributed by atoms with Crippen molar-refractivity contribution in [3.8, 4) is 0 Å². The predicted octanol–water partition coefficient (Wildman–Crippen LogP) is 1.58. The normalized spacial score (nSPS) is 9.75. The Labute approximate surface area is 54.7 Å². The largest absolute Gasteiger partial charge is 0.355 e. The van der Waals surface area contributed by atoms with Crippen LogP contribution >= 0.6 is 11.6 Å². The molecule has 0 radical (unpaired) electrons. The first-order valence-corrected chi connectivity index (χ1v) is 3.16. The zero-order valence-electron chi connectivity index (χ0n) is 5.02. The van der Waals surface area contributed by atoms with Crippen LogP contribution in [-0.4, -0.2) is 19.5 Å². The fraction of sp³-hybridized carbons (Fsp3) is 1.00. The predicted molar refractivity (Wildman–Crippen MR) is 32.9 cm³/mol. The standard InChI is InChI=1S/C5H11ClO2/c1-2-3-7-5-8-4-6/h2-5H2,1H3. The third kappa shape index (κ3) is 6.21. The molecule has 0 aromatic carbocycles. The van der Waals surface area contributed by atoms with E-state index in [-0.39, 0.29) is 6.07 Å². The maximum atomic E-state index is 5.18. The highest BCUT2D eigenvalue weighted by Gasteiger charge is 1.81. The van der Waals surface area contributed by atoms with E-state index < -0.39 is 0 Å². The van der Waals surface area contributed by atoms with Gasteiger partial charge in [-0.25, -0.2) is 0 Å². The van der Waals surface area contributed by atoms with E-state index in [0.717, 1.165) is 13.0 Å². The van der Waals surface area contributed by atoms with Crippen molar-refractivity contribution in [1.29, 1.82) is 0 Å². The molecule has 0 fully saturated rings.